The minimum atomic E-state index is -0.722. The van der Waals surface area contributed by atoms with Crippen LogP contribution in [-0.4, -0.2) is 5.97 Å². The number of rotatable bonds is 2. The summed E-state index contributed by atoms with van der Waals surface area (Å²) in [5.41, 5.74) is 0.585. The molecule has 4 heteroatoms. The highest BCUT2D eigenvalue weighted by molar-refractivity contribution is 5.94. The molecule has 3 rings (SSSR count). The van der Waals surface area contributed by atoms with Crippen LogP contribution < -0.4 is 10.4 Å². The molecule has 0 amide bonds. The maximum Gasteiger partial charge on any atom is 0.351 e. The van der Waals surface area contributed by atoms with Gasteiger partial charge < -0.3 is 9.15 Å². The molecule has 1 aromatic heterocycles. The second kappa shape index (κ2) is 5.25. The van der Waals surface area contributed by atoms with Gasteiger partial charge >= 0.3 is 11.6 Å². The number of carbonyl (C=O) groups is 1. The lowest BCUT2D eigenvalue weighted by Crippen LogP contribution is -2.18. The fraction of sp³-hybridized carbons (Fsp3) is 0.0588. The minimum Gasteiger partial charge on any atom is -0.423 e. The SMILES string of the molecule is Cc1cccc(OC(=O)c2cc3ccccc3oc2=O)c1. The number of esters is 1. The van der Waals surface area contributed by atoms with Gasteiger partial charge in [-0.1, -0.05) is 30.3 Å². The first-order valence-electron chi connectivity index (χ1n) is 6.45. The summed E-state index contributed by atoms with van der Waals surface area (Å²) in [6, 6.07) is 15.5. The fourth-order valence-corrected chi connectivity index (χ4v) is 2.05. The fourth-order valence-electron chi connectivity index (χ4n) is 2.05. The molecule has 2 aromatic carbocycles. The van der Waals surface area contributed by atoms with E-state index >= 15 is 0 Å². The molecule has 21 heavy (non-hydrogen) atoms. The lowest BCUT2D eigenvalue weighted by atomic mass is 10.2. The first kappa shape index (κ1) is 13.1. The number of para-hydroxylation sites is 1. The van der Waals surface area contributed by atoms with Crippen molar-refractivity contribution in [2.24, 2.45) is 0 Å². The smallest absolute Gasteiger partial charge is 0.351 e. The monoisotopic (exact) mass is 280 g/mol. The van der Waals surface area contributed by atoms with Gasteiger partial charge in [0.2, 0.25) is 0 Å². The normalized spacial score (nSPS) is 10.5. The van der Waals surface area contributed by atoms with Gasteiger partial charge in [0.05, 0.1) is 0 Å². The van der Waals surface area contributed by atoms with Crippen LogP contribution >= 0.6 is 0 Å². The summed E-state index contributed by atoms with van der Waals surface area (Å²) in [6.07, 6.45) is 0. The topological polar surface area (TPSA) is 56.5 Å². The van der Waals surface area contributed by atoms with Gasteiger partial charge in [-0.3, -0.25) is 0 Å². The maximum absolute atomic E-state index is 12.1. The van der Waals surface area contributed by atoms with E-state index in [-0.39, 0.29) is 5.56 Å². The first-order valence-corrected chi connectivity index (χ1v) is 6.45. The summed E-state index contributed by atoms with van der Waals surface area (Å²) in [4.78, 5) is 24.0. The van der Waals surface area contributed by atoms with Gasteiger partial charge in [0.15, 0.2) is 0 Å². The number of hydrogen-bond acceptors (Lipinski definition) is 4. The van der Waals surface area contributed by atoms with Crippen LogP contribution in [0.3, 0.4) is 0 Å². The van der Waals surface area contributed by atoms with E-state index in [1.54, 1.807) is 42.5 Å². The highest BCUT2D eigenvalue weighted by atomic mass is 16.5. The number of carbonyl (C=O) groups excluding carboxylic acids is 1. The number of aryl methyl sites for hydroxylation is 1. The Morgan fingerprint density at radius 2 is 1.86 bits per heavy atom. The van der Waals surface area contributed by atoms with Crippen LogP contribution in [-0.2, 0) is 0 Å². The Morgan fingerprint density at radius 3 is 2.67 bits per heavy atom. The van der Waals surface area contributed by atoms with Crippen molar-refractivity contribution in [2.45, 2.75) is 6.92 Å². The largest absolute Gasteiger partial charge is 0.423 e. The Kier molecular flexibility index (Phi) is 3.28. The summed E-state index contributed by atoms with van der Waals surface area (Å²) in [6.45, 7) is 1.89. The summed E-state index contributed by atoms with van der Waals surface area (Å²) in [7, 11) is 0. The van der Waals surface area contributed by atoms with E-state index in [1.165, 1.54) is 6.07 Å². The Bertz CT molecular complexity index is 877. The lowest BCUT2D eigenvalue weighted by Gasteiger charge is -2.05. The second-order valence-corrected chi connectivity index (χ2v) is 4.69. The quantitative estimate of drug-likeness (QED) is 0.410. The molecular weight excluding hydrogens is 268 g/mol. The molecule has 0 saturated carbocycles. The van der Waals surface area contributed by atoms with Crippen molar-refractivity contribution >= 4 is 16.9 Å². The molecule has 0 aliphatic carbocycles. The van der Waals surface area contributed by atoms with Crippen LogP contribution in [0.2, 0.25) is 0 Å². The minimum absolute atomic E-state index is 0.116. The van der Waals surface area contributed by atoms with E-state index in [0.29, 0.717) is 16.7 Å². The van der Waals surface area contributed by atoms with Crippen molar-refractivity contribution in [2.75, 3.05) is 0 Å². The molecule has 1 heterocycles. The zero-order chi connectivity index (χ0) is 14.8. The van der Waals surface area contributed by atoms with Crippen LogP contribution in [0.25, 0.3) is 11.0 Å². The Hall–Kier alpha value is -2.88. The van der Waals surface area contributed by atoms with Gasteiger partial charge in [0.1, 0.15) is 16.9 Å². The maximum atomic E-state index is 12.1. The molecule has 0 fully saturated rings. The number of ether oxygens (including phenoxy) is 1. The van der Waals surface area contributed by atoms with Crippen molar-refractivity contribution in [1.29, 1.82) is 0 Å². The van der Waals surface area contributed by atoms with E-state index in [2.05, 4.69) is 0 Å². The van der Waals surface area contributed by atoms with Crippen molar-refractivity contribution in [3.63, 3.8) is 0 Å². The molecule has 0 radical (unpaired) electrons. The molecule has 3 aromatic rings. The number of fused-ring (bicyclic) bond motifs is 1. The van der Waals surface area contributed by atoms with Gasteiger partial charge in [0.25, 0.3) is 0 Å². The average molecular weight is 280 g/mol. The highest BCUT2D eigenvalue weighted by Crippen LogP contribution is 2.16. The molecule has 0 aliphatic rings. The predicted octanol–water partition coefficient (Wildman–Crippen LogP) is 3.32. The third-order valence-electron chi connectivity index (χ3n) is 3.06. The third-order valence-corrected chi connectivity index (χ3v) is 3.06. The zero-order valence-corrected chi connectivity index (χ0v) is 11.3. The molecule has 0 aliphatic heterocycles. The van der Waals surface area contributed by atoms with E-state index < -0.39 is 11.6 Å². The Labute approximate surface area is 120 Å². The van der Waals surface area contributed by atoms with Crippen molar-refractivity contribution in [3.8, 4) is 5.75 Å². The van der Waals surface area contributed by atoms with Crippen LogP contribution in [0.4, 0.5) is 0 Å². The molecular formula is C17H12O4. The standard InChI is InChI=1S/C17H12O4/c1-11-5-4-7-13(9-11)20-16(18)14-10-12-6-2-3-8-15(12)21-17(14)19/h2-10H,1H3. The highest BCUT2D eigenvalue weighted by Gasteiger charge is 2.16. The van der Waals surface area contributed by atoms with Crippen LogP contribution in [0.15, 0.2) is 63.8 Å². The molecule has 4 nitrogen and oxygen atoms in total. The van der Waals surface area contributed by atoms with Crippen LogP contribution in [0.5, 0.6) is 5.75 Å². The Morgan fingerprint density at radius 1 is 1.05 bits per heavy atom. The van der Waals surface area contributed by atoms with Gasteiger partial charge in [-0.15, -0.1) is 0 Å². The summed E-state index contributed by atoms with van der Waals surface area (Å²) >= 11 is 0. The Balaban J connectivity index is 1.98. The molecule has 0 saturated heterocycles. The predicted molar refractivity (Wildman–Crippen MR) is 78.6 cm³/mol. The van der Waals surface area contributed by atoms with Crippen molar-refractivity contribution in [3.05, 3.63) is 76.1 Å². The average Bonchev–Trinajstić information content (AvgIpc) is 2.46. The number of benzene rings is 2. The summed E-state index contributed by atoms with van der Waals surface area (Å²) in [5.74, 6) is -0.326. The molecule has 0 N–H and O–H groups in total. The third kappa shape index (κ3) is 2.69. The van der Waals surface area contributed by atoms with Gasteiger partial charge in [0, 0.05) is 5.39 Å². The molecule has 104 valence electrons. The van der Waals surface area contributed by atoms with Crippen LogP contribution in [0.1, 0.15) is 15.9 Å². The summed E-state index contributed by atoms with van der Waals surface area (Å²) < 4.78 is 10.3. The lowest BCUT2D eigenvalue weighted by molar-refractivity contribution is 0.0730. The second-order valence-electron chi connectivity index (χ2n) is 4.69. The van der Waals surface area contributed by atoms with Gasteiger partial charge in [-0.2, -0.15) is 0 Å². The molecule has 0 spiro atoms. The van der Waals surface area contributed by atoms with Gasteiger partial charge in [-0.25, -0.2) is 9.59 Å². The number of hydrogen-bond donors (Lipinski definition) is 0. The van der Waals surface area contributed by atoms with Crippen LogP contribution in [0, 0.1) is 6.92 Å². The van der Waals surface area contributed by atoms with Crippen molar-refractivity contribution < 1.29 is 13.9 Å². The van der Waals surface area contributed by atoms with E-state index in [0.717, 1.165) is 5.56 Å². The summed E-state index contributed by atoms with van der Waals surface area (Å²) in [5, 5.41) is 0.674. The van der Waals surface area contributed by atoms with E-state index in [4.69, 9.17) is 9.15 Å². The first-order chi connectivity index (χ1) is 10.1. The molecule has 0 unspecified atom stereocenters. The van der Waals surface area contributed by atoms with E-state index in [9.17, 15) is 9.59 Å². The van der Waals surface area contributed by atoms with Gasteiger partial charge in [-0.05, 0) is 36.8 Å². The van der Waals surface area contributed by atoms with Crippen molar-refractivity contribution in [1.82, 2.24) is 0 Å². The molecule has 0 bridgehead atoms. The zero-order valence-electron chi connectivity index (χ0n) is 11.3. The van der Waals surface area contributed by atoms with E-state index in [1.807, 2.05) is 13.0 Å². The molecule has 0 atom stereocenters.